The number of carbonyl (C=O) groups is 1. The summed E-state index contributed by atoms with van der Waals surface area (Å²) in [6.45, 7) is 2.47. The smallest absolute Gasteiger partial charge is 0.190 e. The number of aromatic nitrogens is 1. The number of fused-ring (bicyclic) bond motifs is 1. The van der Waals surface area contributed by atoms with E-state index in [9.17, 15) is 4.79 Å². The molecule has 0 spiro atoms. The zero-order valence-corrected chi connectivity index (χ0v) is 13.3. The Bertz CT molecular complexity index is 780. The van der Waals surface area contributed by atoms with E-state index in [0.29, 0.717) is 17.9 Å². The summed E-state index contributed by atoms with van der Waals surface area (Å²) in [7, 11) is 1.91. The van der Waals surface area contributed by atoms with Gasteiger partial charge in [0.2, 0.25) is 0 Å². The Morgan fingerprint density at radius 3 is 2.77 bits per heavy atom. The van der Waals surface area contributed by atoms with Gasteiger partial charge in [0.25, 0.3) is 0 Å². The van der Waals surface area contributed by atoms with Crippen LogP contribution in [-0.2, 0) is 0 Å². The molecule has 1 aromatic heterocycles. The number of para-hydroxylation sites is 2. The van der Waals surface area contributed by atoms with Crippen LogP contribution in [0.25, 0.3) is 10.2 Å². The second-order valence-electron chi connectivity index (χ2n) is 4.77. The molecule has 0 aliphatic heterocycles. The van der Waals surface area contributed by atoms with Crippen LogP contribution in [-0.4, -0.2) is 24.9 Å². The molecule has 0 aliphatic carbocycles. The number of thiazole rings is 1. The lowest BCUT2D eigenvalue weighted by molar-refractivity contribution is 0.112. The van der Waals surface area contributed by atoms with E-state index in [1.165, 1.54) is 0 Å². The number of aldehydes is 1. The van der Waals surface area contributed by atoms with Crippen LogP contribution in [0.2, 0.25) is 0 Å². The number of rotatable bonds is 5. The number of benzene rings is 2. The molecule has 0 N–H and O–H groups in total. The van der Waals surface area contributed by atoms with E-state index < -0.39 is 0 Å². The molecule has 0 atom stereocenters. The van der Waals surface area contributed by atoms with Crippen LogP contribution in [0, 0.1) is 0 Å². The number of ether oxygens (including phenoxy) is 1. The monoisotopic (exact) mass is 312 g/mol. The van der Waals surface area contributed by atoms with Crippen LogP contribution in [0.3, 0.4) is 0 Å². The summed E-state index contributed by atoms with van der Waals surface area (Å²) in [6.07, 6.45) is 0.849. The minimum absolute atomic E-state index is 0.545. The van der Waals surface area contributed by atoms with Crippen molar-refractivity contribution in [2.75, 3.05) is 18.6 Å². The van der Waals surface area contributed by atoms with Crippen LogP contribution in [0.15, 0.2) is 42.5 Å². The summed E-state index contributed by atoms with van der Waals surface area (Å²) >= 11 is 1.59. The second-order valence-corrected chi connectivity index (χ2v) is 5.78. The molecule has 3 aromatic rings. The molecule has 0 saturated carbocycles. The normalized spacial score (nSPS) is 10.6. The molecule has 0 unspecified atom stereocenters. The van der Waals surface area contributed by atoms with Crippen LogP contribution >= 0.6 is 11.3 Å². The van der Waals surface area contributed by atoms with Crippen molar-refractivity contribution >= 4 is 38.7 Å². The summed E-state index contributed by atoms with van der Waals surface area (Å²) in [5.41, 5.74) is 2.29. The van der Waals surface area contributed by atoms with Gasteiger partial charge in [-0.1, -0.05) is 29.5 Å². The molecular weight excluding hydrogens is 296 g/mol. The lowest BCUT2D eigenvalue weighted by Gasteiger charge is -2.21. The lowest BCUT2D eigenvalue weighted by Crippen LogP contribution is -2.13. The highest BCUT2D eigenvalue weighted by atomic mass is 32.1. The largest absolute Gasteiger partial charge is 0.492 e. The van der Waals surface area contributed by atoms with Crippen molar-refractivity contribution in [3.05, 3.63) is 48.0 Å². The number of nitrogens with zero attached hydrogens (tertiary/aromatic N) is 2. The molecule has 3 rings (SSSR count). The van der Waals surface area contributed by atoms with Gasteiger partial charge in [0.1, 0.15) is 5.75 Å². The van der Waals surface area contributed by atoms with Crippen molar-refractivity contribution < 1.29 is 9.53 Å². The molecule has 5 heteroatoms. The molecule has 0 saturated heterocycles. The van der Waals surface area contributed by atoms with Crippen LogP contribution in [0.4, 0.5) is 10.8 Å². The molecule has 0 fully saturated rings. The molecule has 112 valence electrons. The van der Waals surface area contributed by atoms with Gasteiger partial charge in [-0.3, -0.25) is 4.79 Å². The van der Waals surface area contributed by atoms with Crippen molar-refractivity contribution in [1.29, 1.82) is 0 Å². The summed E-state index contributed by atoms with van der Waals surface area (Å²) in [5.74, 6) is 0.689. The first kappa shape index (κ1) is 14.5. The molecule has 2 aromatic carbocycles. The van der Waals surface area contributed by atoms with E-state index in [1.807, 2.05) is 55.3 Å². The summed E-state index contributed by atoms with van der Waals surface area (Å²) in [5, 5.41) is 0.830. The van der Waals surface area contributed by atoms with Gasteiger partial charge in [-0.05, 0) is 31.2 Å². The van der Waals surface area contributed by atoms with Crippen LogP contribution < -0.4 is 9.64 Å². The summed E-state index contributed by atoms with van der Waals surface area (Å²) in [4.78, 5) is 17.9. The Balaban J connectivity index is 2.10. The van der Waals surface area contributed by atoms with Gasteiger partial charge in [0.15, 0.2) is 11.4 Å². The molecular formula is C17H16N2O2S. The zero-order valence-electron chi connectivity index (χ0n) is 12.4. The fraction of sp³-hybridized carbons (Fsp3) is 0.176. The maximum atomic E-state index is 11.4. The molecule has 0 aliphatic rings. The van der Waals surface area contributed by atoms with E-state index in [1.54, 1.807) is 17.4 Å². The Hall–Kier alpha value is -2.40. The zero-order chi connectivity index (χ0) is 15.5. The Labute approximate surface area is 133 Å². The van der Waals surface area contributed by atoms with Crippen LogP contribution in [0.5, 0.6) is 5.75 Å². The van der Waals surface area contributed by atoms with E-state index in [4.69, 9.17) is 4.74 Å². The van der Waals surface area contributed by atoms with E-state index in [0.717, 1.165) is 27.3 Å². The third-order valence-corrected chi connectivity index (χ3v) is 4.47. The van der Waals surface area contributed by atoms with Crippen LogP contribution in [0.1, 0.15) is 17.3 Å². The number of carbonyl (C=O) groups excluding carboxylic acids is 1. The molecule has 0 bridgehead atoms. The van der Waals surface area contributed by atoms with Crippen molar-refractivity contribution in [3.8, 4) is 5.75 Å². The first-order chi connectivity index (χ1) is 10.7. The van der Waals surface area contributed by atoms with E-state index >= 15 is 0 Å². The van der Waals surface area contributed by atoms with Gasteiger partial charge in [-0.2, -0.15) is 0 Å². The minimum atomic E-state index is 0.545. The Kier molecular flexibility index (Phi) is 4.06. The molecule has 0 amide bonds. The third-order valence-electron chi connectivity index (χ3n) is 3.36. The van der Waals surface area contributed by atoms with Crippen molar-refractivity contribution in [2.24, 2.45) is 0 Å². The predicted octanol–water partition coefficient (Wildman–Crippen LogP) is 4.28. The van der Waals surface area contributed by atoms with Gasteiger partial charge >= 0.3 is 0 Å². The Morgan fingerprint density at radius 1 is 1.23 bits per heavy atom. The van der Waals surface area contributed by atoms with Gasteiger partial charge in [-0.15, -0.1) is 0 Å². The fourth-order valence-corrected chi connectivity index (χ4v) is 3.30. The Morgan fingerprint density at radius 2 is 2.05 bits per heavy atom. The topological polar surface area (TPSA) is 42.4 Å². The second kappa shape index (κ2) is 6.15. The average Bonchev–Trinajstić information content (AvgIpc) is 2.98. The standard InChI is InChI=1S/C17H16N2O2S/c1-3-21-14-9-6-7-12(11-20)16(14)19(2)17-18-13-8-4-5-10-15(13)22-17/h4-11H,3H2,1-2H3. The average molecular weight is 312 g/mol. The quantitative estimate of drug-likeness (QED) is 0.660. The van der Waals surface area contributed by atoms with Gasteiger partial charge in [0.05, 0.1) is 22.5 Å². The van der Waals surface area contributed by atoms with Gasteiger partial charge < -0.3 is 9.64 Å². The number of hydrogen-bond donors (Lipinski definition) is 0. The van der Waals surface area contributed by atoms with Crippen molar-refractivity contribution in [1.82, 2.24) is 4.98 Å². The summed E-state index contributed by atoms with van der Waals surface area (Å²) < 4.78 is 6.79. The predicted molar refractivity (Wildman–Crippen MR) is 90.7 cm³/mol. The van der Waals surface area contributed by atoms with Gasteiger partial charge in [-0.25, -0.2) is 4.98 Å². The number of anilines is 2. The maximum absolute atomic E-state index is 11.4. The SMILES string of the molecule is CCOc1cccc(C=O)c1N(C)c1nc2ccccc2s1. The highest BCUT2D eigenvalue weighted by Gasteiger charge is 2.18. The number of hydrogen-bond acceptors (Lipinski definition) is 5. The van der Waals surface area contributed by atoms with Crippen molar-refractivity contribution in [3.63, 3.8) is 0 Å². The maximum Gasteiger partial charge on any atom is 0.190 e. The molecule has 4 nitrogen and oxygen atoms in total. The van der Waals surface area contributed by atoms with Gasteiger partial charge in [0, 0.05) is 12.6 Å². The first-order valence-electron chi connectivity index (χ1n) is 7.05. The molecule has 22 heavy (non-hydrogen) atoms. The van der Waals surface area contributed by atoms with Crippen molar-refractivity contribution in [2.45, 2.75) is 6.92 Å². The highest BCUT2D eigenvalue weighted by molar-refractivity contribution is 7.22. The molecule has 0 radical (unpaired) electrons. The van der Waals surface area contributed by atoms with E-state index in [-0.39, 0.29) is 0 Å². The first-order valence-corrected chi connectivity index (χ1v) is 7.86. The van der Waals surface area contributed by atoms with E-state index in [2.05, 4.69) is 4.98 Å². The third kappa shape index (κ3) is 2.55. The highest BCUT2D eigenvalue weighted by Crippen LogP contribution is 2.38. The fourth-order valence-electron chi connectivity index (χ4n) is 2.36. The summed E-state index contributed by atoms with van der Waals surface area (Å²) in [6, 6.07) is 13.5. The molecule has 1 heterocycles. The minimum Gasteiger partial charge on any atom is -0.492 e. The lowest BCUT2D eigenvalue weighted by atomic mass is 10.1.